The van der Waals surface area contributed by atoms with Gasteiger partial charge in [-0.3, -0.25) is 4.79 Å². The Morgan fingerprint density at radius 2 is 1.89 bits per heavy atom. The van der Waals surface area contributed by atoms with Crippen LogP contribution in [-0.2, 0) is 15.2 Å². The number of nitrogens with zero attached hydrogens (tertiary/aromatic N) is 2. The van der Waals surface area contributed by atoms with Gasteiger partial charge in [-0.25, -0.2) is 9.37 Å². The van der Waals surface area contributed by atoms with E-state index in [2.05, 4.69) is 4.98 Å². The third-order valence-corrected chi connectivity index (χ3v) is 6.00. The Morgan fingerprint density at radius 1 is 1.15 bits per heavy atom. The van der Waals surface area contributed by atoms with Crippen molar-refractivity contribution >= 4 is 17.7 Å². The van der Waals surface area contributed by atoms with Gasteiger partial charge in [-0.05, 0) is 23.8 Å². The number of rotatable bonds is 4. The molecule has 2 aliphatic heterocycles. The molecule has 2 fully saturated rings. The van der Waals surface area contributed by atoms with Gasteiger partial charge in [-0.15, -0.1) is 11.8 Å². The number of likely N-dealkylation sites (tertiary alicyclic amines) is 1. The fraction of sp³-hybridized carbons (Fsp3) is 0.400. The summed E-state index contributed by atoms with van der Waals surface area (Å²) in [6, 6.07) is 10.2. The van der Waals surface area contributed by atoms with Gasteiger partial charge in [0.05, 0.1) is 18.8 Å². The maximum absolute atomic E-state index is 13.9. The van der Waals surface area contributed by atoms with Crippen LogP contribution in [-0.4, -0.2) is 47.9 Å². The van der Waals surface area contributed by atoms with E-state index in [1.165, 1.54) is 17.8 Å². The van der Waals surface area contributed by atoms with Gasteiger partial charge in [-0.1, -0.05) is 18.2 Å². The molecule has 27 heavy (non-hydrogen) atoms. The van der Waals surface area contributed by atoms with Gasteiger partial charge < -0.3 is 14.4 Å². The highest BCUT2D eigenvalue weighted by Crippen LogP contribution is 2.33. The number of piperidine rings is 1. The molecular formula is C20H21FN2O3S. The van der Waals surface area contributed by atoms with E-state index >= 15 is 0 Å². The first kappa shape index (κ1) is 18.4. The molecule has 142 valence electrons. The van der Waals surface area contributed by atoms with Crippen LogP contribution in [0.25, 0.3) is 0 Å². The van der Waals surface area contributed by atoms with Gasteiger partial charge in [-0.2, -0.15) is 0 Å². The number of pyridine rings is 1. The van der Waals surface area contributed by atoms with Crippen LogP contribution in [0.1, 0.15) is 28.8 Å². The summed E-state index contributed by atoms with van der Waals surface area (Å²) in [4.78, 5) is 19.2. The fourth-order valence-electron chi connectivity index (χ4n) is 3.44. The highest BCUT2D eigenvalue weighted by atomic mass is 32.2. The lowest BCUT2D eigenvalue weighted by Gasteiger charge is -2.37. The van der Waals surface area contributed by atoms with Gasteiger partial charge in [0.1, 0.15) is 10.8 Å². The van der Waals surface area contributed by atoms with Crippen LogP contribution in [0, 0.1) is 5.82 Å². The van der Waals surface area contributed by atoms with Crippen molar-refractivity contribution in [3.05, 3.63) is 59.5 Å². The van der Waals surface area contributed by atoms with E-state index in [-0.39, 0.29) is 11.7 Å². The molecule has 0 radical (unpaired) electrons. The lowest BCUT2D eigenvalue weighted by atomic mass is 10.0. The zero-order valence-corrected chi connectivity index (χ0v) is 15.7. The van der Waals surface area contributed by atoms with Crippen molar-refractivity contribution in [1.29, 1.82) is 0 Å². The maximum atomic E-state index is 13.9. The third-order valence-electron chi connectivity index (χ3n) is 4.95. The zero-order chi connectivity index (χ0) is 18.7. The summed E-state index contributed by atoms with van der Waals surface area (Å²) in [5.41, 5.74) is 1.16. The Balaban J connectivity index is 1.44. The first-order chi connectivity index (χ1) is 13.2. The van der Waals surface area contributed by atoms with Crippen LogP contribution in [0.15, 0.2) is 47.6 Å². The molecule has 2 aliphatic rings. The van der Waals surface area contributed by atoms with Crippen molar-refractivity contribution in [2.45, 2.75) is 29.4 Å². The Hall–Kier alpha value is -1.96. The van der Waals surface area contributed by atoms with E-state index in [4.69, 9.17) is 9.47 Å². The summed E-state index contributed by atoms with van der Waals surface area (Å²) in [5, 5.41) is 0.624. The minimum absolute atomic E-state index is 0.0491. The van der Waals surface area contributed by atoms with Gasteiger partial charge in [0.2, 0.25) is 0 Å². The topological polar surface area (TPSA) is 51.7 Å². The molecule has 1 spiro atoms. The Bertz CT molecular complexity index is 816. The van der Waals surface area contributed by atoms with Gasteiger partial charge >= 0.3 is 0 Å². The standard InChI is InChI=1S/C20H21FN2O3S/c21-17-6-2-1-4-15(17)14-27-18-16(5-3-9-22-18)19(24)23-10-7-20(8-11-23)25-12-13-26-20/h1-6,9H,7-8,10-14H2. The number of amides is 1. The van der Waals surface area contributed by atoms with E-state index in [1.807, 2.05) is 4.90 Å². The van der Waals surface area contributed by atoms with E-state index < -0.39 is 5.79 Å². The summed E-state index contributed by atoms with van der Waals surface area (Å²) in [6.45, 7) is 2.41. The first-order valence-electron chi connectivity index (χ1n) is 9.05. The highest BCUT2D eigenvalue weighted by Gasteiger charge is 2.41. The largest absolute Gasteiger partial charge is 0.347 e. The molecule has 0 atom stereocenters. The number of carbonyl (C=O) groups is 1. The molecule has 3 heterocycles. The van der Waals surface area contributed by atoms with Gasteiger partial charge in [0, 0.05) is 37.9 Å². The quantitative estimate of drug-likeness (QED) is 0.751. The van der Waals surface area contributed by atoms with E-state index in [9.17, 15) is 9.18 Å². The number of hydrogen-bond donors (Lipinski definition) is 0. The third kappa shape index (κ3) is 4.00. The molecule has 5 nitrogen and oxygen atoms in total. The average Bonchev–Trinajstić information content (AvgIpc) is 3.16. The monoisotopic (exact) mass is 388 g/mol. The summed E-state index contributed by atoms with van der Waals surface area (Å²) in [5.74, 6) is -0.373. The molecule has 0 aliphatic carbocycles. The van der Waals surface area contributed by atoms with Crippen LogP contribution >= 0.6 is 11.8 Å². The predicted octanol–water partition coefficient (Wildman–Crippen LogP) is 3.49. The first-order valence-corrected chi connectivity index (χ1v) is 10.0. The number of hydrogen-bond acceptors (Lipinski definition) is 5. The Labute approximate surface area is 161 Å². The maximum Gasteiger partial charge on any atom is 0.256 e. The number of carbonyl (C=O) groups excluding carboxylic acids is 1. The van der Waals surface area contributed by atoms with Crippen molar-refractivity contribution in [3.63, 3.8) is 0 Å². The van der Waals surface area contributed by atoms with Crippen molar-refractivity contribution in [3.8, 4) is 0 Å². The van der Waals surface area contributed by atoms with E-state index in [0.717, 1.165) is 0 Å². The van der Waals surface area contributed by atoms with Gasteiger partial charge in [0.15, 0.2) is 5.79 Å². The normalized spacial score (nSPS) is 18.8. The van der Waals surface area contributed by atoms with Crippen molar-refractivity contribution in [1.82, 2.24) is 9.88 Å². The number of ether oxygens (including phenoxy) is 2. The SMILES string of the molecule is O=C(c1cccnc1SCc1ccccc1F)N1CCC2(CC1)OCCO2. The minimum atomic E-state index is -0.506. The second kappa shape index (κ2) is 7.96. The van der Waals surface area contributed by atoms with Crippen molar-refractivity contribution < 1.29 is 18.7 Å². The molecular weight excluding hydrogens is 367 g/mol. The molecule has 0 unspecified atom stereocenters. The van der Waals surface area contributed by atoms with Crippen LogP contribution < -0.4 is 0 Å². The Morgan fingerprint density at radius 3 is 2.63 bits per heavy atom. The summed E-state index contributed by atoms with van der Waals surface area (Å²) < 4.78 is 25.3. The summed E-state index contributed by atoms with van der Waals surface area (Å²) in [7, 11) is 0. The Kier molecular flexibility index (Phi) is 5.43. The zero-order valence-electron chi connectivity index (χ0n) is 14.9. The van der Waals surface area contributed by atoms with Crippen molar-refractivity contribution in [2.75, 3.05) is 26.3 Å². The number of benzene rings is 1. The van der Waals surface area contributed by atoms with Crippen LogP contribution in [0.4, 0.5) is 4.39 Å². The highest BCUT2D eigenvalue weighted by molar-refractivity contribution is 7.98. The molecule has 0 N–H and O–H groups in total. The smallest absolute Gasteiger partial charge is 0.256 e. The predicted molar refractivity (Wildman–Crippen MR) is 100.0 cm³/mol. The second-order valence-electron chi connectivity index (χ2n) is 6.64. The molecule has 1 amide bonds. The molecule has 2 aromatic rings. The van der Waals surface area contributed by atoms with Crippen LogP contribution in [0.3, 0.4) is 0 Å². The molecule has 0 saturated carbocycles. The number of halogens is 1. The number of aromatic nitrogens is 1. The fourth-order valence-corrected chi connectivity index (χ4v) is 4.41. The summed E-state index contributed by atoms with van der Waals surface area (Å²) in [6.07, 6.45) is 3.01. The molecule has 2 saturated heterocycles. The number of thioether (sulfide) groups is 1. The molecule has 7 heteroatoms. The average molecular weight is 388 g/mol. The van der Waals surface area contributed by atoms with E-state index in [0.29, 0.717) is 61.1 Å². The minimum Gasteiger partial charge on any atom is -0.347 e. The molecule has 0 bridgehead atoms. The summed E-state index contributed by atoms with van der Waals surface area (Å²) >= 11 is 1.38. The van der Waals surface area contributed by atoms with Gasteiger partial charge in [0.25, 0.3) is 5.91 Å². The van der Waals surface area contributed by atoms with Crippen LogP contribution in [0.2, 0.25) is 0 Å². The van der Waals surface area contributed by atoms with E-state index in [1.54, 1.807) is 36.5 Å². The molecule has 1 aromatic carbocycles. The lowest BCUT2D eigenvalue weighted by Crippen LogP contribution is -2.47. The molecule has 4 rings (SSSR count). The van der Waals surface area contributed by atoms with Crippen molar-refractivity contribution in [2.24, 2.45) is 0 Å². The van der Waals surface area contributed by atoms with Crippen LogP contribution in [0.5, 0.6) is 0 Å². The second-order valence-corrected chi connectivity index (χ2v) is 7.60. The molecule has 1 aromatic heterocycles. The lowest BCUT2D eigenvalue weighted by molar-refractivity contribution is -0.181.